The summed E-state index contributed by atoms with van der Waals surface area (Å²) in [6.07, 6.45) is 9.02. The van der Waals surface area contributed by atoms with Gasteiger partial charge in [-0.15, -0.1) is 0 Å². The maximum Gasteiger partial charge on any atom is 0.332 e. The Bertz CT molecular complexity index is 2900. The molecule has 0 fully saturated rings. The number of ether oxygens (including phenoxy) is 4. The first-order valence-corrected chi connectivity index (χ1v) is 36.9. The Morgan fingerprint density at radius 1 is 0.477 bits per heavy atom. The predicted molar refractivity (Wildman–Crippen MR) is 413 cm³/mol. The molecule has 12 atom stereocenters. The minimum absolute atomic E-state index is 0. The summed E-state index contributed by atoms with van der Waals surface area (Å²) in [5, 5.41) is 65.2. The lowest BCUT2D eigenvalue weighted by atomic mass is 10.0. The number of esters is 2. The van der Waals surface area contributed by atoms with Crippen molar-refractivity contribution < 1.29 is 97.5 Å². The van der Waals surface area contributed by atoms with E-state index in [1.807, 2.05) is 176 Å². The average molecular weight is 1520 g/mol. The summed E-state index contributed by atoms with van der Waals surface area (Å²) >= 11 is 0. The number of nitrogens with two attached hydrogens (primary N) is 2. The van der Waals surface area contributed by atoms with Crippen LogP contribution in [-0.4, -0.2) is 215 Å². The summed E-state index contributed by atoms with van der Waals surface area (Å²) in [5.41, 5.74) is 13.4. The molecule has 2 aliphatic heterocycles. The number of hydrogen-bond donors (Lipinski definition) is 12. The Morgan fingerprint density at radius 2 is 0.841 bits per heavy atom. The third-order valence-corrected chi connectivity index (χ3v) is 16.0. The van der Waals surface area contributed by atoms with Crippen molar-refractivity contribution in [3.8, 4) is 0 Å². The summed E-state index contributed by atoms with van der Waals surface area (Å²) in [7, 11) is 5.85. The van der Waals surface area contributed by atoms with Crippen LogP contribution in [0.15, 0.2) is 85.0 Å². The fourth-order valence-electron chi connectivity index (χ4n) is 10.6. The Kier molecular flexibility index (Phi) is 56.4. The molecule has 2 heterocycles. The van der Waals surface area contributed by atoms with Crippen molar-refractivity contribution >= 4 is 59.3 Å². The third kappa shape index (κ3) is 45.0. The molecule has 0 saturated heterocycles. The maximum atomic E-state index is 13.6. The normalized spacial score (nSPS) is 17.6. The molecule has 2 aromatic carbocycles. The number of aliphatic carboxylic acids is 2. The zero-order valence-electron chi connectivity index (χ0n) is 66.2. The Labute approximate surface area is 637 Å². The highest BCUT2D eigenvalue weighted by Gasteiger charge is 2.36. The van der Waals surface area contributed by atoms with Crippen LogP contribution in [0.2, 0.25) is 0 Å². The lowest BCUT2D eigenvalue weighted by Crippen LogP contribution is -2.55. The number of aliphatic hydroxyl groups excluding tert-OH is 4. The molecule has 0 spiro atoms. The molecular formula is C79H136N8O20. The monoisotopic (exact) mass is 1520 g/mol. The van der Waals surface area contributed by atoms with E-state index in [0.717, 1.165) is 11.1 Å². The van der Waals surface area contributed by atoms with Gasteiger partial charge in [0.1, 0.15) is 48.5 Å². The van der Waals surface area contributed by atoms with Gasteiger partial charge in [0.15, 0.2) is 6.10 Å². The maximum absolute atomic E-state index is 13.6. The van der Waals surface area contributed by atoms with Crippen molar-refractivity contribution in [3.05, 3.63) is 96.1 Å². The van der Waals surface area contributed by atoms with Crippen LogP contribution < -0.4 is 32.7 Å². The van der Waals surface area contributed by atoms with Crippen LogP contribution in [0.3, 0.4) is 0 Å². The number of nitrogens with one attached hydrogen (secondary N) is 4. The lowest BCUT2D eigenvalue weighted by Gasteiger charge is -2.32. The number of amides is 6. The molecule has 0 aromatic heterocycles. The van der Waals surface area contributed by atoms with Gasteiger partial charge in [-0.2, -0.15) is 0 Å². The van der Waals surface area contributed by atoms with Crippen LogP contribution in [-0.2, 0) is 66.9 Å². The smallest absolute Gasteiger partial charge is 0.332 e. The second-order valence-corrected chi connectivity index (χ2v) is 28.7. The highest BCUT2D eigenvalue weighted by molar-refractivity contribution is 5.93. The number of carbonyl (C=O) groups is 10. The van der Waals surface area contributed by atoms with Crippen LogP contribution in [0, 0.1) is 35.5 Å². The van der Waals surface area contributed by atoms with Gasteiger partial charge in [-0.1, -0.05) is 202 Å². The topological polar surface area (TPSA) is 436 Å². The van der Waals surface area contributed by atoms with Crippen molar-refractivity contribution in [2.75, 3.05) is 54.7 Å². The van der Waals surface area contributed by atoms with Gasteiger partial charge in [0.05, 0.1) is 45.6 Å². The van der Waals surface area contributed by atoms with Crippen molar-refractivity contribution in [2.45, 2.75) is 254 Å². The number of rotatable bonds is 36. The second kappa shape index (κ2) is 58.3. The molecular weight excluding hydrogens is 1380 g/mol. The van der Waals surface area contributed by atoms with E-state index in [9.17, 15) is 63.3 Å². The fraction of sp³-hybridized carbons (Fsp3) is 0.671. The van der Waals surface area contributed by atoms with E-state index in [4.69, 9.17) is 36.3 Å². The summed E-state index contributed by atoms with van der Waals surface area (Å²) in [6.45, 7) is 28.7. The predicted octanol–water partition coefficient (Wildman–Crippen LogP) is 7.34. The van der Waals surface area contributed by atoms with E-state index >= 15 is 0 Å². The number of carbonyl (C=O) groups excluding carboxylic acids is 8. The molecule has 0 bridgehead atoms. The summed E-state index contributed by atoms with van der Waals surface area (Å²) in [6, 6.07) is 15.3. The van der Waals surface area contributed by atoms with Crippen molar-refractivity contribution in [2.24, 2.45) is 47.0 Å². The first-order valence-electron chi connectivity index (χ1n) is 36.9. The number of methoxy groups -OCH3 is 4. The average Bonchev–Trinajstić information content (AvgIpc) is 1.76. The molecule has 2 aliphatic rings. The molecule has 0 saturated carbocycles. The summed E-state index contributed by atoms with van der Waals surface area (Å²) in [4.78, 5) is 121. The lowest BCUT2D eigenvalue weighted by molar-refractivity contribution is -0.147. The molecule has 0 radical (unpaired) electrons. The van der Waals surface area contributed by atoms with Gasteiger partial charge in [-0.25, -0.2) is 14.4 Å². The van der Waals surface area contributed by atoms with Gasteiger partial charge in [0, 0.05) is 27.3 Å². The van der Waals surface area contributed by atoms with E-state index in [-0.39, 0.29) is 66.9 Å². The van der Waals surface area contributed by atoms with Gasteiger partial charge < -0.3 is 92.1 Å². The van der Waals surface area contributed by atoms with E-state index < -0.39 is 102 Å². The Balaban J connectivity index is -0.00000129. The van der Waals surface area contributed by atoms with Crippen LogP contribution in [0.5, 0.6) is 0 Å². The first-order chi connectivity index (χ1) is 49.8. The van der Waals surface area contributed by atoms with Crippen LogP contribution >= 0.6 is 0 Å². The minimum atomic E-state index is -1.19. The largest absolute Gasteiger partial charge is 0.480 e. The van der Waals surface area contributed by atoms with E-state index in [1.54, 1.807) is 24.0 Å². The Hall–Kier alpha value is -7.70. The van der Waals surface area contributed by atoms with Gasteiger partial charge >= 0.3 is 23.9 Å². The highest BCUT2D eigenvalue weighted by Crippen LogP contribution is 2.28. The molecule has 6 amide bonds. The second-order valence-electron chi connectivity index (χ2n) is 28.7. The van der Waals surface area contributed by atoms with Gasteiger partial charge in [0.25, 0.3) is 0 Å². The van der Waals surface area contributed by atoms with E-state index in [2.05, 4.69) is 36.8 Å². The summed E-state index contributed by atoms with van der Waals surface area (Å²) in [5.74, 6) is -3.98. The SMILES string of the molecule is C.CC(C)C[C@H](O)C(=O)O.CCC[C@H](O)C(=O)N[C@@H](CC(C)C)C(=O)O.CCC[C@H](O)C(=O)N[C@@H](CC(C)C)C(=O)OC.COC(=O)[C@@H](N)CC(C)C.COCCN1C(=O)[C@@H](N)CC=C[C@H]1c1ccccc1.COCCN1C(=O)[C@@H](NC(=O)[C@H](CC(C)C)NC(=O)[C@@H](O)CC(C)C)CC=C[C@H]1c1ccccc1. The molecule has 28 nitrogen and oxygen atoms in total. The minimum Gasteiger partial charge on any atom is -0.480 e. The number of benzene rings is 2. The molecule has 2 aromatic rings. The molecule has 0 unspecified atom stereocenters. The number of carboxylic acid groups (broad SMARTS) is 2. The Morgan fingerprint density at radius 3 is 1.21 bits per heavy atom. The molecule has 107 heavy (non-hydrogen) atoms. The van der Waals surface area contributed by atoms with Crippen molar-refractivity contribution in [3.63, 3.8) is 0 Å². The van der Waals surface area contributed by atoms with E-state index in [0.29, 0.717) is 109 Å². The first kappa shape index (κ1) is 103. The number of hydrogen-bond acceptors (Lipinski definition) is 20. The molecule has 612 valence electrons. The van der Waals surface area contributed by atoms with Crippen LogP contribution in [0.4, 0.5) is 0 Å². The third-order valence-electron chi connectivity index (χ3n) is 16.0. The highest BCUT2D eigenvalue weighted by atomic mass is 16.5. The molecule has 28 heteroatoms. The quantitative estimate of drug-likeness (QED) is 0.0234. The number of carboxylic acids is 2. The van der Waals surface area contributed by atoms with Gasteiger partial charge in [-0.3, -0.25) is 33.6 Å². The molecule has 14 N–H and O–H groups in total. The van der Waals surface area contributed by atoms with Crippen molar-refractivity contribution in [1.82, 2.24) is 31.1 Å². The fourth-order valence-corrected chi connectivity index (χ4v) is 10.6. The number of nitrogens with zero attached hydrogens (tertiary/aromatic N) is 2. The van der Waals surface area contributed by atoms with Gasteiger partial charge in [-0.05, 0) is 111 Å². The van der Waals surface area contributed by atoms with Crippen LogP contribution in [0.25, 0.3) is 0 Å². The van der Waals surface area contributed by atoms with Crippen molar-refractivity contribution in [1.29, 1.82) is 0 Å². The zero-order valence-corrected chi connectivity index (χ0v) is 66.2. The molecule has 0 aliphatic carbocycles. The molecule has 4 rings (SSSR count). The van der Waals surface area contributed by atoms with E-state index in [1.165, 1.54) is 14.2 Å². The zero-order chi connectivity index (χ0) is 81.3. The van der Waals surface area contributed by atoms with Gasteiger partial charge in [0.2, 0.25) is 35.4 Å². The number of aliphatic hydroxyl groups is 4. The van der Waals surface area contributed by atoms with Crippen LogP contribution in [0.1, 0.15) is 205 Å². The standard InChI is InChI=1S/C27H41N3O5.C15H20N2O2.C12H23NO4.C11H21NO4.C7H15NO2.C6H12O3.CH4/c1-18(2)16-22(29-26(33)24(31)17-19(3)4)25(32)28-21-12-9-13-23(20-10-7-6-8-11-20)30(27(21)34)14-15-35-5;1-19-11-10-17-14(12-6-3-2-4-7-12)9-5-8-13(16)15(17)18;1-5-6-10(14)11(15)13-9(7-8(2)3)12(16)17-4;1-4-5-9(13)10(14)12-8(11(15)16)6-7(2)3;1-5(2)4-6(8)7(9)10-3;1-4(2)3-5(7)6(8)9;/h6-11,13,18-19,21-24,31H,12,14-17H2,1-5H3,(H,28,32)(H,29,33);2-7,9,13-14H,8,10-11,16H2,1H3;8-10,14H,5-7H2,1-4H3,(H,13,15);7-9,13H,4-6H2,1-3H3,(H,12,14)(H,15,16);5-6H,4,8H2,1-3H3;4-5,7H,3H2,1-2H3,(H,8,9);1H4/t21-,22-,23-,24-;13-,14-;9-,10-;8-,9-;6-;5-;/m000000./s1. The summed E-state index contributed by atoms with van der Waals surface area (Å²) < 4.78 is 19.4.